The molecule has 0 amide bonds. The molecule has 7 heteroatoms. The summed E-state index contributed by atoms with van der Waals surface area (Å²) in [6, 6.07) is 12.0. The number of nitrogens with zero attached hydrogens (tertiary/aromatic N) is 1. The summed E-state index contributed by atoms with van der Waals surface area (Å²) >= 11 is 0. The van der Waals surface area contributed by atoms with E-state index < -0.39 is 11.0 Å². The Morgan fingerprint density at radius 2 is 1.83 bits per heavy atom. The lowest BCUT2D eigenvalue weighted by atomic mass is 10.1. The number of ether oxygens (including phenoxy) is 1. The first-order valence-corrected chi connectivity index (χ1v) is 7.20. The molecule has 7 nitrogen and oxygen atoms in total. The Bertz CT molecular complexity index is 1010. The van der Waals surface area contributed by atoms with Crippen LogP contribution in [0.5, 0.6) is 5.75 Å². The van der Waals surface area contributed by atoms with Gasteiger partial charge in [0.25, 0.3) is 5.69 Å². The molecule has 1 saturated heterocycles. The molecule has 4 rings (SSSR count). The van der Waals surface area contributed by atoms with E-state index in [2.05, 4.69) is 0 Å². The van der Waals surface area contributed by atoms with E-state index in [-0.39, 0.29) is 33.9 Å². The summed E-state index contributed by atoms with van der Waals surface area (Å²) in [4.78, 5) is 22.4. The SMILES string of the molecule is O=c1cc([C@@H]2O[C@H]2c2ccc([N+](=O)[O-])cc2)oc2cccc(O)c12. The van der Waals surface area contributed by atoms with Crippen molar-refractivity contribution in [3.05, 3.63) is 80.2 Å². The van der Waals surface area contributed by atoms with Gasteiger partial charge in [-0.3, -0.25) is 14.9 Å². The van der Waals surface area contributed by atoms with Crippen LogP contribution < -0.4 is 5.43 Å². The zero-order valence-electron chi connectivity index (χ0n) is 12.2. The Kier molecular flexibility index (Phi) is 3.10. The van der Waals surface area contributed by atoms with Crippen LogP contribution in [-0.4, -0.2) is 10.0 Å². The molecule has 3 aromatic rings. The highest BCUT2D eigenvalue weighted by Gasteiger charge is 2.44. The van der Waals surface area contributed by atoms with Gasteiger partial charge in [0.15, 0.2) is 5.43 Å². The molecule has 0 unspecified atom stereocenters. The highest BCUT2D eigenvalue weighted by Crippen LogP contribution is 2.51. The predicted octanol–water partition coefficient (Wildman–Crippen LogP) is 3.22. The van der Waals surface area contributed by atoms with E-state index in [0.29, 0.717) is 5.76 Å². The fraction of sp³-hybridized carbons (Fsp3) is 0.118. The number of phenols is 1. The van der Waals surface area contributed by atoms with Gasteiger partial charge in [-0.05, 0) is 29.8 Å². The molecule has 1 N–H and O–H groups in total. The highest BCUT2D eigenvalue weighted by molar-refractivity contribution is 5.82. The van der Waals surface area contributed by atoms with Crippen molar-refractivity contribution in [2.75, 3.05) is 0 Å². The Labute approximate surface area is 134 Å². The number of hydrogen-bond acceptors (Lipinski definition) is 6. The number of fused-ring (bicyclic) bond motifs is 1. The number of phenolic OH excluding ortho intramolecular Hbond substituents is 1. The maximum atomic E-state index is 12.2. The number of aromatic hydroxyl groups is 1. The molecular formula is C17H11NO6. The molecule has 1 aromatic heterocycles. The molecule has 0 spiro atoms. The van der Waals surface area contributed by atoms with Crippen molar-refractivity contribution in [3.63, 3.8) is 0 Å². The van der Waals surface area contributed by atoms with Crippen LogP contribution >= 0.6 is 0 Å². The van der Waals surface area contributed by atoms with Crippen molar-refractivity contribution in [1.29, 1.82) is 0 Å². The lowest BCUT2D eigenvalue weighted by Crippen LogP contribution is -2.02. The molecule has 2 atom stereocenters. The molecule has 0 radical (unpaired) electrons. The molecule has 120 valence electrons. The third-order valence-electron chi connectivity index (χ3n) is 3.96. The van der Waals surface area contributed by atoms with Crippen LogP contribution in [0.4, 0.5) is 5.69 Å². The zero-order chi connectivity index (χ0) is 16.8. The zero-order valence-corrected chi connectivity index (χ0v) is 12.2. The molecular weight excluding hydrogens is 314 g/mol. The van der Waals surface area contributed by atoms with Gasteiger partial charge >= 0.3 is 0 Å². The molecule has 0 aliphatic carbocycles. The van der Waals surface area contributed by atoms with Gasteiger partial charge in [0.2, 0.25) is 0 Å². The van der Waals surface area contributed by atoms with Crippen molar-refractivity contribution >= 4 is 16.7 Å². The summed E-state index contributed by atoms with van der Waals surface area (Å²) in [7, 11) is 0. The van der Waals surface area contributed by atoms with E-state index >= 15 is 0 Å². The van der Waals surface area contributed by atoms with Crippen LogP contribution in [-0.2, 0) is 4.74 Å². The molecule has 1 aliphatic heterocycles. The minimum absolute atomic E-state index is 0.00339. The van der Waals surface area contributed by atoms with Crippen LogP contribution in [0, 0.1) is 10.1 Å². The average molecular weight is 325 g/mol. The first-order valence-electron chi connectivity index (χ1n) is 7.20. The predicted molar refractivity (Wildman–Crippen MR) is 83.8 cm³/mol. The Morgan fingerprint density at radius 3 is 2.54 bits per heavy atom. The lowest BCUT2D eigenvalue weighted by molar-refractivity contribution is -0.384. The summed E-state index contributed by atoms with van der Waals surface area (Å²) in [5, 5.41) is 20.6. The van der Waals surface area contributed by atoms with Gasteiger partial charge in [-0.2, -0.15) is 0 Å². The summed E-state index contributed by atoms with van der Waals surface area (Å²) in [6.45, 7) is 0. The molecule has 0 bridgehead atoms. The fourth-order valence-corrected chi connectivity index (χ4v) is 2.72. The summed E-state index contributed by atoms with van der Waals surface area (Å²) < 4.78 is 11.2. The van der Waals surface area contributed by atoms with E-state index in [0.717, 1.165) is 5.56 Å². The lowest BCUT2D eigenvalue weighted by Gasteiger charge is -2.02. The van der Waals surface area contributed by atoms with Gasteiger partial charge in [0.1, 0.15) is 34.7 Å². The largest absolute Gasteiger partial charge is 0.507 e. The Hall–Kier alpha value is -3.19. The molecule has 1 aliphatic rings. The topological polar surface area (TPSA) is 106 Å². The van der Waals surface area contributed by atoms with Crippen LogP contribution in [0.3, 0.4) is 0 Å². The number of hydrogen-bond donors (Lipinski definition) is 1. The Morgan fingerprint density at radius 1 is 1.08 bits per heavy atom. The second-order valence-electron chi connectivity index (χ2n) is 5.49. The van der Waals surface area contributed by atoms with Crippen molar-refractivity contribution in [3.8, 4) is 5.75 Å². The van der Waals surface area contributed by atoms with E-state index in [1.165, 1.54) is 24.3 Å². The monoisotopic (exact) mass is 325 g/mol. The van der Waals surface area contributed by atoms with Gasteiger partial charge < -0.3 is 14.3 Å². The third kappa shape index (κ3) is 2.31. The normalized spacial score (nSPS) is 19.3. The van der Waals surface area contributed by atoms with Crippen molar-refractivity contribution in [2.24, 2.45) is 0 Å². The fourth-order valence-electron chi connectivity index (χ4n) is 2.72. The standard InChI is InChI=1S/C17H11NO6/c19-11-2-1-3-13-15(11)12(20)8-14(23-13)17-16(24-17)9-4-6-10(7-5-9)18(21)22/h1-8,16-17,19H/t16-,17-/m0/s1. The number of epoxide rings is 1. The van der Waals surface area contributed by atoms with Gasteiger partial charge in [0.05, 0.1) is 4.92 Å². The molecule has 24 heavy (non-hydrogen) atoms. The van der Waals surface area contributed by atoms with E-state index in [4.69, 9.17) is 9.15 Å². The number of benzene rings is 2. The molecule has 2 aromatic carbocycles. The summed E-state index contributed by atoms with van der Waals surface area (Å²) in [5.41, 5.74) is 0.714. The minimum atomic E-state index is -0.468. The smallest absolute Gasteiger partial charge is 0.269 e. The van der Waals surface area contributed by atoms with Gasteiger partial charge in [-0.1, -0.05) is 6.07 Å². The average Bonchev–Trinajstić information content (AvgIpc) is 3.35. The highest BCUT2D eigenvalue weighted by atomic mass is 16.6. The quantitative estimate of drug-likeness (QED) is 0.450. The number of rotatable bonds is 3. The van der Waals surface area contributed by atoms with E-state index in [1.807, 2.05) is 0 Å². The summed E-state index contributed by atoms with van der Waals surface area (Å²) in [6.07, 6.45) is -0.741. The third-order valence-corrected chi connectivity index (χ3v) is 3.96. The Balaban J connectivity index is 1.65. The second kappa shape index (κ2) is 5.17. The van der Waals surface area contributed by atoms with Crippen molar-refractivity contribution < 1.29 is 19.2 Å². The summed E-state index contributed by atoms with van der Waals surface area (Å²) in [5.74, 6) is 0.234. The van der Waals surface area contributed by atoms with Crippen LogP contribution in [0.2, 0.25) is 0 Å². The van der Waals surface area contributed by atoms with Crippen LogP contribution in [0.1, 0.15) is 23.5 Å². The van der Waals surface area contributed by atoms with Crippen LogP contribution in [0.25, 0.3) is 11.0 Å². The first kappa shape index (κ1) is 14.4. The van der Waals surface area contributed by atoms with Gasteiger partial charge in [0, 0.05) is 18.2 Å². The maximum absolute atomic E-state index is 12.2. The van der Waals surface area contributed by atoms with E-state index in [1.54, 1.807) is 24.3 Å². The second-order valence-corrected chi connectivity index (χ2v) is 5.49. The molecule has 1 fully saturated rings. The number of non-ortho nitro benzene ring substituents is 1. The number of nitro benzene ring substituents is 1. The number of nitro groups is 1. The molecule has 0 saturated carbocycles. The van der Waals surface area contributed by atoms with Gasteiger partial charge in [-0.15, -0.1) is 0 Å². The van der Waals surface area contributed by atoms with Crippen molar-refractivity contribution in [1.82, 2.24) is 0 Å². The minimum Gasteiger partial charge on any atom is -0.507 e. The maximum Gasteiger partial charge on any atom is 0.269 e. The first-order chi connectivity index (χ1) is 11.5. The van der Waals surface area contributed by atoms with Crippen molar-refractivity contribution in [2.45, 2.75) is 12.2 Å². The van der Waals surface area contributed by atoms with Crippen LogP contribution in [0.15, 0.2) is 57.7 Å². The van der Waals surface area contributed by atoms with Gasteiger partial charge in [-0.25, -0.2) is 0 Å². The molecule has 2 heterocycles. The van der Waals surface area contributed by atoms with E-state index in [9.17, 15) is 20.0 Å².